The highest BCUT2D eigenvalue weighted by atomic mass is 16.5. The molecule has 0 radical (unpaired) electrons. The van der Waals surface area contributed by atoms with E-state index < -0.39 is 5.97 Å². The first-order chi connectivity index (χ1) is 7.10. The lowest BCUT2D eigenvalue weighted by molar-refractivity contribution is 0.0597. The van der Waals surface area contributed by atoms with E-state index >= 15 is 0 Å². The van der Waals surface area contributed by atoms with Gasteiger partial charge in [-0.1, -0.05) is 6.58 Å². The van der Waals surface area contributed by atoms with Crippen molar-refractivity contribution in [3.05, 3.63) is 42.0 Å². The number of benzene rings is 1. The molecule has 1 rings (SSSR count). The van der Waals surface area contributed by atoms with Crippen molar-refractivity contribution in [3.8, 4) is 5.75 Å². The van der Waals surface area contributed by atoms with Crippen LogP contribution < -0.4 is 0 Å². The van der Waals surface area contributed by atoms with Gasteiger partial charge in [0.2, 0.25) is 0 Å². The molecule has 0 atom stereocenters. The highest BCUT2D eigenvalue weighted by Gasteiger charge is 2.13. The lowest BCUT2D eigenvalue weighted by atomic mass is 10.1. The van der Waals surface area contributed by atoms with Crippen LogP contribution in [0.5, 0.6) is 5.75 Å². The first kappa shape index (κ1) is 11.0. The van der Waals surface area contributed by atoms with Gasteiger partial charge in [0.15, 0.2) is 5.78 Å². The molecule has 4 nitrogen and oxygen atoms in total. The van der Waals surface area contributed by atoms with Crippen molar-refractivity contribution in [2.75, 3.05) is 7.11 Å². The minimum atomic E-state index is -0.689. The van der Waals surface area contributed by atoms with Crippen LogP contribution in [0.4, 0.5) is 0 Å². The number of aromatic hydroxyl groups is 1. The van der Waals surface area contributed by atoms with Crippen molar-refractivity contribution in [2.24, 2.45) is 0 Å². The highest BCUT2D eigenvalue weighted by molar-refractivity contribution is 6.06. The summed E-state index contributed by atoms with van der Waals surface area (Å²) in [4.78, 5) is 22.4. The monoisotopic (exact) mass is 206 g/mol. The Bertz CT molecular complexity index is 421. The third-order valence-corrected chi connectivity index (χ3v) is 1.87. The molecule has 78 valence electrons. The van der Waals surface area contributed by atoms with Gasteiger partial charge in [-0.2, -0.15) is 0 Å². The summed E-state index contributed by atoms with van der Waals surface area (Å²) in [6.45, 7) is 3.33. The number of phenols is 1. The zero-order chi connectivity index (χ0) is 11.4. The van der Waals surface area contributed by atoms with E-state index in [1.54, 1.807) is 0 Å². The Morgan fingerprint density at radius 1 is 1.47 bits per heavy atom. The van der Waals surface area contributed by atoms with E-state index in [0.29, 0.717) is 0 Å². The number of hydrogen-bond acceptors (Lipinski definition) is 4. The molecule has 0 heterocycles. The second-order valence-electron chi connectivity index (χ2n) is 2.79. The third-order valence-electron chi connectivity index (χ3n) is 1.87. The number of carbonyl (C=O) groups is 2. The summed E-state index contributed by atoms with van der Waals surface area (Å²) in [5.41, 5.74) is 0.244. The topological polar surface area (TPSA) is 63.6 Å². The van der Waals surface area contributed by atoms with E-state index in [1.807, 2.05) is 0 Å². The largest absolute Gasteiger partial charge is 0.507 e. The van der Waals surface area contributed by atoms with Crippen LogP contribution in [0, 0.1) is 0 Å². The molecule has 0 aliphatic rings. The number of methoxy groups -OCH3 is 1. The molecule has 0 saturated carbocycles. The van der Waals surface area contributed by atoms with Gasteiger partial charge in [0.25, 0.3) is 0 Å². The smallest absolute Gasteiger partial charge is 0.341 e. The molecule has 1 N–H and O–H groups in total. The minimum absolute atomic E-state index is 0.0369. The van der Waals surface area contributed by atoms with Crippen molar-refractivity contribution in [1.29, 1.82) is 0 Å². The summed E-state index contributed by atoms with van der Waals surface area (Å²) in [5, 5.41) is 9.35. The first-order valence-electron chi connectivity index (χ1n) is 4.18. The average molecular weight is 206 g/mol. The molecule has 0 aliphatic heterocycles. The number of esters is 1. The molecular weight excluding hydrogens is 196 g/mol. The van der Waals surface area contributed by atoms with Gasteiger partial charge in [0.1, 0.15) is 11.3 Å². The van der Waals surface area contributed by atoms with Crippen LogP contribution in [0.15, 0.2) is 30.9 Å². The predicted molar refractivity (Wildman–Crippen MR) is 54.0 cm³/mol. The number of rotatable bonds is 3. The SMILES string of the molecule is C=CC(=O)c1ccc(O)c(C(=O)OC)c1. The lowest BCUT2D eigenvalue weighted by Gasteiger charge is -2.03. The van der Waals surface area contributed by atoms with Crippen molar-refractivity contribution in [2.45, 2.75) is 0 Å². The van der Waals surface area contributed by atoms with Gasteiger partial charge in [0, 0.05) is 5.56 Å². The van der Waals surface area contributed by atoms with E-state index in [-0.39, 0.29) is 22.7 Å². The van der Waals surface area contributed by atoms with Gasteiger partial charge in [-0.05, 0) is 24.3 Å². The number of ketones is 1. The Morgan fingerprint density at radius 2 is 2.13 bits per heavy atom. The Morgan fingerprint density at radius 3 is 2.67 bits per heavy atom. The molecule has 1 aromatic carbocycles. The van der Waals surface area contributed by atoms with Crippen LogP contribution in [-0.2, 0) is 4.74 Å². The molecule has 15 heavy (non-hydrogen) atoms. The van der Waals surface area contributed by atoms with E-state index in [9.17, 15) is 14.7 Å². The average Bonchev–Trinajstić information content (AvgIpc) is 2.27. The number of carbonyl (C=O) groups excluding carboxylic acids is 2. The molecule has 4 heteroatoms. The fourth-order valence-corrected chi connectivity index (χ4v) is 1.08. The Kier molecular flexibility index (Phi) is 3.23. The molecule has 0 unspecified atom stereocenters. The number of phenolic OH excluding ortho intramolecular Hbond substituents is 1. The number of ether oxygens (including phenoxy) is 1. The second-order valence-corrected chi connectivity index (χ2v) is 2.79. The van der Waals surface area contributed by atoms with Crippen molar-refractivity contribution in [1.82, 2.24) is 0 Å². The maximum Gasteiger partial charge on any atom is 0.341 e. The number of allylic oxidation sites excluding steroid dienone is 1. The minimum Gasteiger partial charge on any atom is -0.507 e. The summed E-state index contributed by atoms with van der Waals surface area (Å²) >= 11 is 0. The fraction of sp³-hybridized carbons (Fsp3) is 0.0909. The zero-order valence-electron chi connectivity index (χ0n) is 8.19. The molecule has 0 fully saturated rings. The number of hydrogen-bond donors (Lipinski definition) is 1. The maximum absolute atomic E-state index is 11.2. The van der Waals surface area contributed by atoms with Crippen LogP contribution in [0.25, 0.3) is 0 Å². The molecule has 0 aliphatic carbocycles. The van der Waals surface area contributed by atoms with Crippen LogP contribution in [0.2, 0.25) is 0 Å². The van der Waals surface area contributed by atoms with Gasteiger partial charge < -0.3 is 9.84 Å². The van der Waals surface area contributed by atoms with Gasteiger partial charge in [-0.3, -0.25) is 4.79 Å². The Hall–Kier alpha value is -2.10. The first-order valence-corrected chi connectivity index (χ1v) is 4.18. The molecular formula is C11H10O4. The normalized spacial score (nSPS) is 9.40. The van der Waals surface area contributed by atoms with Crippen molar-refractivity contribution >= 4 is 11.8 Å². The molecule has 0 spiro atoms. The van der Waals surface area contributed by atoms with Gasteiger partial charge in [0.05, 0.1) is 7.11 Å². The molecule has 0 bridgehead atoms. The van der Waals surface area contributed by atoms with E-state index in [2.05, 4.69) is 11.3 Å². The van der Waals surface area contributed by atoms with Crippen LogP contribution in [0.3, 0.4) is 0 Å². The van der Waals surface area contributed by atoms with E-state index in [0.717, 1.165) is 6.08 Å². The summed E-state index contributed by atoms with van der Waals surface area (Å²) in [7, 11) is 1.20. The lowest BCUT2D eigenvalue weighted by Crippen LogP contribution is -2.04. The Labute approximate surface area is 86.8 Å². The summed E-state index contributed by atoms with van der Waals surface area (Å²) in [6, 6.07) is 3.94. The molecule has 1 aromatic rings. The van der Waals surface area contributed by atoms with Crippen molar-refractivity contribution in [3.63, 3.8) is 0 Å². The fourth-order valence-electron chi connectivity index (χ4n) is 1.08. The van der Waals surface area contributed by atoms with E-state index in [4.69, 9.17) is 0 Å². The molecule has 0 aromatic heterocycles. The molecule has 0 amide bonds. The standard InChI is InChI=1S/C11H10O4/c1-3-9(12)7-4-5-10(13)8(6-7)11(14)15-2/h3-6,13H,1H2,2H3. The highest BCUT2D eigenvalue weighted by Crippen LogP contribution is 2.19. The summed E-state index contributed by atoms with van der Waals surface area (Å²) < 4.78 is 4.45. The van der Waals surface area contributed by atoms with Crippen LogP contribution >= 0.6 is 0 Å². The van der Waals surface area contributed by atoms with Gasteiger partial charge in [-0.15, -0.1) is 0 Å². The maximum atomic E-state index is 11.2. The zero-order valence-corrected chi connectivity index (χ0v) is 8.19. The summed E-state index contributed by atoms with van der Waals surface area (Å²) in [6.07, 6.45) is 1.13. The van der Waals surface area contributed by atoms with Crippen LogP contribution in [0.1, 0.15) is 20.7 Å². The van der Waals surface area contributed by atoms with Crippen LogP contribution in [-0.4, -0.2) is 24.0 Å². The predicted octanol–water partition coefficient (Wildman–Crippen LogP) is 1.55. The quantitative estimate of drug-likeness (QED) is 0.463. The molecule has 0 saturated heterocycles. The van der Waals surface area contributed by atoms with Gasteiger partial charge >= 0.3 is 5.97 Å². The summed E-state index contributed by atoms with van der Waals surface area (Å²) in [5.74, 6) is -1.23. The van der Waals surface area contributed by atoms with Gasteiger partial charge in [-0.25, -0.2) is 4.79 Å². The van der Waals surface area contributed by atoms with E-state index in [1.165, 1.54) is 25.3 Å². The Balaban J connectivity index is 3.22. The second kappa shape index (κ2) is 4.41. The third kappa shape index (κ3) is 2.22. The van der Waals surface area contributed by atoms with Crippen molar-refractivity contribution < 1.29 is 19.4 Å².